The number of hydrogen-bond acceptors (Lipinski definition) is 4. The van der Waals surface area contributed by atoms with Gasteiger partial charge in [-0.15, -0.1) is 0 Å². The molecule has 0 radical (unpaired) electrons. The predicted octanol–water partition coefficient (Wildman–Crippen LogP) is 2.42. The molecule has 0 spiro atoms. The molecule has 4 nitrogen and oxygen atoms in total. The third kappa shape index (κ3) is 3.91. The molecule has 0 saturated carbocycles. The van der Waals surface area contributed by atoms with Gasteiger partial charge in [0.1, 0.15) is 0 Å². The SMILES string of the molecule is CCOC(=O)C(CCCSC)(C(=O)O)C(C)C. The van der Waals surface area contributed by atoms with Crippen molar-refractivity contribution in [2.24, 2.45) is 11.3 Å². The molecule has 0 bridgehead atoms. The second-order valence-corrected chi connectivity index (χ2v) is 5.23. The maximum atomic E-state index is 11.9. The average Bonchev–Trinajstić information content (AvgIpc) is 2.23. The Kier molecular flexibility index (Phi) is 7.27. The summed E-state index contributed by atoms with van der Waals surface area (Å²) in [5.41, 5.74) is -1.40. The summed E-state index contributed by atoms with van der Waals surface area (Å²) in [5.74, 6) is -1.11. The number of carboxylic acid groups (broad SMARTS) is 1. The van der Waals surface area contributed by atoms with E-state index in [1.807, 2.05) is 6.26 Å². The van der Waals surface area contributed by atoms with E-state index in [2.05, 4.69) is 0 Å². The van der Waals surface area contributed by atoms with Crippen molar-refractivity contribution in [3.05, 3.63) is 0 Å². The Morgan fingerprint density at radius 2 is 2.00 bits per heavy atom. The molecule has 5 heteroatoms. The molecule has 0 amide bonds. The van der Waals surface area contributed by atoms with Crippen LogP contribution in [0, 0.1) is 11.3 Å². The topological polar surface area (TPSA) is 63.6 Å². The van der Waals surface area contributed by atoms with Crippen LogP contribution in [0.3, 0.4) is 0 Å². The molecular formula is C12H22O4S. The first-order chi connectivity index (χ1) is 7.93. The minimum absolute atomic E-state index is 0.211. The molecule has 17 heavy (non-hydrogen) atoms. The summed E-state index contributed by atoms with van der Waals surface area (Å²) in [7, 11) is 0. The standard InChI is InChI=1S/C12H22O4S/c1-5-16-11(15)12(9(2)3,10(13)14)7-6-8-17-4/h9H,5-8H2,1-4H3,(H,13,14). The van der Waals surface area contributed by atoms with Gasteiger partial charge in [-0.2, -0.15) is 11.8 Å². The van der Waals surface area contributed by atoms with Crippen LogP contribution in [-0.4, -0.2) is 35.7 Å². The van der Waals surface area contributed by atoms with E-state index in [-0.39, 0.29) is 12.5 Å². The zero-order valence-corrected chi connectivity index (χ0v) is 11.8. The minimum atomic E-state index is -1.40. The normalized spacial score (nSPS) is 14.4. The van der Waals surface area contributed by atoms with Crippen molar-refractivity contribution in [1.29, 1.82) is 0 Å². The Hall–Kier alpha value is -0.710. The van der Waals surface area contributed by atoms with Crippen molar-refractivity contribution in [3.8, 4) is 0 Å². The van der Waals surface area contributed by atoms with Crippen LogP contribution in [0.25, 0.3) is 0 Å². The van der Waals surface area contributed by atoms with Crippen LogP contribution < -0.4 is 0 Å². The molecule has 0 saturated heterocycles. The first-order valence-electron chi connectivity index (χ1n) is 5.83. The highest BCUT2D eigenvalue weighted by molar-refractivity contribution is 7.98. The molecule has 0 aliphatic carbocycles. The molecule has 0 aromatic rings. The van der Waals surface area contributed by atoms with Gasteiger partial charge in [-0.3, -0.25) is 9.59 Å². The van der Waals surface area contributed by atoms with Crippen LogP contribution in [-0.2, 0) is 14.3 Å². The fourth-order valence-electron chi connectivity index (χ4n) is 1.82. The molecule has 1 unspecified atom stereocenters. The van der Waals surface area contributed by atoms with E-state index in [1.165, 1.54) is 0 Å². The summed E-state index contributed by atoms with van der Waals surface area (Å²) < 4.78 is 4.93. The lowest BCUT2D eigenvalue weighted by molar-refractivity contribution is -0.173. The zero-order valence-electron chi connectivity index (χ0n) is 11.0. The van der Waals surface area contributed by atoms with E-state index in [4.69, 9.17) is 4.74 Å². The van der Waals surface area contributed by atoms with Gasteiger partial charge in [0, 0.05) is 0 Å². The molecule has 0 aliphatic rings. The molecule has 0 aliphatic heterocycles. The molecular weight excluding hydrogens is 240 g/mol. The maximum absolute atomic E-state index is 11.9. The summed E-state index contributed by atoms with van der Waals surface area (Å²) in [6.07, 6.45) is 2.99. The third-order valence-electron chi connectivity index (χ3n) is 2.93. The van der Waals surface area contributed by atoms with Crippen LogP contribution >= 0.6 is 11.8 Å². The number of hydrogen-bond donors (Lipinski definition) is 1. The highest BCUT2D eigenvalue weighted by atomic mass is 32.2. The number of rotatable bonds is 8. The molecule has 0 heterocycles. The number of thioether (sulfide) groups is 1. The Morgan fingerprint density at radius 3 is 2.35 bits per heavy atom. The van der Waals surface area contributed by atoms with Crippen LogP contribution in [0.2, 0.25) is 0 Å². The third-order valence-corrected chi connectivity index (χ3v) is 3.62. The van der Waals surface area contributed by atoms with Gasteiger partial charge in [-0.05, 0) is 37.7 Å². The van der Waals surface area contributed by atoms with Gasteiger partial charge in [0.25, 0.3) is 0 Å². The zero-order chi connectivity index (χ0) is 13.5. The van der Waals surface area contributed by atoms with Crippen LogP contribution in [0.4, 0.5) is 0 Å². The second kappa shape index (κ2) is 7.58. The Balaban J connectivity index is 5.00. The molecule has 0 rings (SSSR count). The van der Waals surface area contributed by atoms with Crippen molar-refractivity contribution in [3.63, 3.8) is 0 Å². The molecule has 1 atom stereocenters. The quantitative estimate of drug-likeness (QED) is 0.413. The Morgan fingerprint density at radius 1 is 1.41 bits per heavy atom. The van der Waals surface area contributed by atoms with Crippen molar-refractivity contribution in [2.45, 2.75) is 33.6 Å². The maximum Gasteiger partial charge on any atom is 0.323 e. The van der Waals surface area contributed by atoms with E-state index in [1.54, 1.807) is 32.5 Å². The molecule has 0 fully saturated rings. The average molecular weight is 262 g/mol. The molecule has 1 N–H and O–H groups in total. The molecule has 0 aromatic carbocycles. The lowest BCUT2D eigenvalue weighted by atomic mass is 9.73. The predicted molar refractivity (Wildman–Crippen MR) is 69.2 cm³/mol. The van der Waals surface area contributed by atoms with Gasteiger partial charge < -0.3 is 9.84 Å². The smallest absolute Gasteiger partial charge is 0.323 e. The highest BCUT2D eigenvalue weighted by Gasteiger charge is 2.49. The number of ether oxygens (including phenoxy) is 1. The number of aliphatic carboxylic acids is 1. The van der Waals surface area contributed by atoms with E-state index < -0.39 is 17.4 Å². The van der Waals surface area contributed by atoms with E-state index >= 15 is 0 Å². The number of esters is 1. The van der Waals surface area contributed by atoms with Crippen molar-refractivity contribution >= 4 is 23.7 Å². The summed E-state index contributed by atoms with van der Waals surface area (Å²) in [4.78, 5) is 23.4. The largest absolute Gasteiger partial charge is 0.480 e. The number of carbonyl (C=O) groups is 2. The highest BCUT2D eigenvalue weighted by Crippen LogP contribution is 2.35. The summed E-state index contributed by atoms with van der Waals surface area (Å²) in [6.45, 7) is 5.41. The van der Waals surface area contributed by atoms with Crippen molar-refractivity contribution in [1.82, 2.24) is 0 Å². The summed E-state index contributed by atoms with van der Waals surface area (Å²) >= 11 is 1.65. The van der Waals surface area contributed by atoms with Gasteiger partial charge in [-0.25, -0.2) is 0 Å². The summed E-state index contributed by atoms with van der Waals surface area (Å²) in [5, 5.41) is 9.38. The van der Waals surface area contributed by atoms with Gasteiger partial charge in [0.05, 0.1) is 6.61 Å². The molecule has 0 aromatic heterocycles. The van der Waals surface area contributed by atoms with Crippen molar-refractivity contribution in [2.75, 3.05) is 18.6 Å². The van der Waals surface area contributed by atoms with E-state index in [0.29, 0.717) is 12.8 Å². The Labute approximate surface area is 107 Å². The van der Waals surface area contributed by atoms with Gasteiger partial charge >= 0.3 is 11.9 Å². The fraction of sp³-hybridized carbons (Fsp3) is 0.833. The number of carbonyl (C=O) groups excluding carboxylic acids is 1. The van der Waals surface area contributed by atoms with Gasteiger partial charge in [0.15, 0.2) is 5.41 Å². The van der Waals surface area contributed by atoms with Gasteiger partial charge in [-0.1, -0.05) is 13.8 Å². The summed E-state index contributed by atoms with van der Waals surface area (Å²) in [6, 6.07) is 0. The molecule has 100 valence electrons. The van der Waals surface area contributed by atoms with Crippen LogP contribution in [0.5, 0.6) is 0 Å². The first-order valence-corrected chi connectivity index (χ1v) is 7.22. The van der Waals surface area contributed by atoms with Crippen LogP contribution in [0.1, 0.15) is 33.6 Å². The van der Waals surface area contributed by atoms with Gasteiger partial charge in [0.2, 0.25) is 0 Å². The van der Waals surface area contributed by atoms with Crippen LogP contribution in [0.15, 0.2) is 0 Å². The van der Waals surface area contributed by atoms with E-state index in [9.17, 15) is 14.7 Å². The number of carboxylic acids is 1. The minimum Gasteiger partial charge on any atom is -0.480 e. The van der Waals surface area contributed by atoms with Crippen molar-refractivity contribution < 1.29 is 19.4 Å². The monoisotopic (exact) mass is 262 g/mol. The first kappa shape index (κ1) is 16.3. The lowest BCUT2D eigenvalue weighted by Gasteiger charge is -2.30. The second-order valence-electron chi connectivity index (χ2n) is 4.25. The van der Waals surface area contributed by atoms with E-state index in [0.717, 1.165) is 5.75 Å². The lowest BCUT2D eigenvalue weighted by Crippen LogP contribution is -2.45. The fourth-order valence-corrected chi connectivity index (χ4v) is 2.26. The Bertz CT molecular complexity index is 265.